The minimum atomic E-state index is -0.404. The van der Waals surface area contributed by atoms with Gasteiger partial charge in [-0.05, 0) is 31.0 Å². The number of hydrogen-bond donors (Lipinski definition) is 2. The third-order valence-electron chi connectivity index (χ3n) is 1.95. The van der Waals surface area contributed by atoms with Crippen LogP contribution >= 0.6 is 15.9 Å². The molecule has 2 nitrogen and oxygen atoms in total. The molecule has 3 heteroatoms. The summed E-state index contributed by atoms with van der Waals surface area (Å²) < 4.78 is 0.958. The Kier molecular flexibility index (Phi) is 4.42. The fraction of sp³-hybridized carbons (Fsp3) is 0.400. The molecule has 0 aliphatic heterocycles. The standard InChI is InChI=1S/C10H14BrNO/c11-9-5-2-1-4-8(9)10(13)6-3-7-12/h1-2,4-5,10,13H,3,6-7,12H2. The average molecular weight is 244 g/mol. The van der Waals surface area contributed by atoms with E-state index in [0.717, 1.165) is 22.9 Å². The molecule has 1 aromatic rings. The normalized spacial score (nSPS) is 12.8. The highest BCUT2D eigenvalue weighted by Crippen LogP contribution is 2.25. The van der Waals surface area contributed by atoms with E-state index in [1.165, 1.54) is 0 Å². The summed E-state index contributed by atoms with van der Waals surface area (Å²) in [7, 11) is 0. The second kappa shape index (κ2) is 5.37. The number of nitrogens with two attached hydrogens (primary N) is 1. The minimum absolute atomic E-state index is 0.404. The van der Waals surface area contributed by atoms with Crippen LogP contribution in [0.15, 0.2) is 28.7 Å². The predicted molar refractivity (Wildman–Crippen MR) is 57.4 cm³/mol. The van der Waals surface area contributed by atoms with Gasteiger partial charge in [0, 0.05) is 4.47 Å². The third kappa shape index (κ3) is 3.10. The fourth-order valence-corrected chi connectivity index (χ4v) is 1.76. The molecule has 1 rings (SSSR count). The number of aliphatic hydroxyl groups is 1. The number of benzene rings is 1. The number of hydrogen-bond acceptors (Lipinski definition) is 2. The van der Waals surface area contributed by atoms with Crippen molar-refractivity contribution in [2.75, 3.05) is 6.54 Å². The molecule has 0 fully saturated rings. The molecule has 0 aliphatic carbocycles. The lowest BCUT2D eigenvalue weighted by Crippen LogP contribution is -2.04. The molecule has 0 bridgehead atoms. The summed E-state index contributed by atoms with van der Waals surface area (Å²) in [5.41, 5.74) is 6.31. The first-order valence-electron chi connectivity index (χ1n) is 4.38. The molecule has 0 saturated carbocycles. The molecule has 72 valence electrons. The van der Waals surface area contributed by atoms with Gasteiger partial charge in [0.1, 0.15) is 0 Å². The Labute approximate surface area is 86.9 Å². The van der Waals surface area contributed by atoms with Crippen LogP contribution in [0.1, 0.15) is 24.5 Å². The summed E-state index contributed by atoms with van der Waals surface area (Å²) in [5, 5.41) is 9.75. The monoisotopic (exact) mass is 243 g/mol. The van der Waals surface area contributed by atoms with Gasteiger partial charge in [0.2, 0.25) is 0 Å². The number of halogens is 1. The first-order chi connectivity index (χ1) is 6.25. The summed E-state index contributed by atoms with van der Waals surface area (Å²) in [4.78, 5) is 0. The smallest absolute Gasteiger partial charge is 0.0801 e. The summed E-state index contributed by atoms with van der Waals surface area (Å²) >= 11 is 3.40. The van der Waals surface area contributed by atoms with E-state index in [9.17, 15) is 5.11 Å². The molecule has 1 unspecified atom stereocenters. The van der Waals surface area contributed by atoms with Crippen LogP contribution in [-0.4, -0.2) is 11.7 Å². The van der Waals surface area contributed by atoms with Gasteiger partial charge < -0.3 is 10.8 Å². The van der Waals surface area contributed by atoms with Crippen LogP contribution in [0.3, 0.4) is 0 Å². The minimum Gasteiger partial charge on any atom is -0.388 e. The van der Waals surface area contributed by atoms with Gasteiger partial charge in [0.15, 0.2) is 0 Å². The lowest BCUT2D eigenvalue weighted by molar-refractivity contribution is 0.164. The fourth-order valence-electron chi connectivity index (χ4n) is 1.21. The Hall–Kier alpha value is -0.380. The summed E-state index contributed by atoms with van der Waals surface area (Å²) in [6.45, 7) is 0.627. The first kappa shape index (κ1) is 10.7. The van der Waals surface area contributed by atoms with Crippen LogP contribution in [0.4, 0.5) is 0 Å². The molecule has 0 aromatic heterocycles. The molecular formula is C10H14BrNO. The maximum absolute atomic E-state index is 9.75. The van der Waals surface area contributed by atoms with Crippen molar-refractivity contribution in [3.8, 4) is 0 Å². The predicted octanol–water partition coefficient (Wildman–Crippen LogP) is 2.22. The van der Waals surface area contributed by atoms with Gasteiger partial charge >= 0.3 is 0 Å². The van der Waals surface area contributed by atoms with Crippen LogP contribution in [0.5, 0.6) is 0 Å². The van der Waals surface area contributed by atoms with Crippen LogP contribution in [0.2, 0.25) is 0 Å². The molecule has 0 amide bonds. The summed E-state index contributed by atoms with van der Waals surface area (Å²) in [6, 6.07) is 7.71. The van der Waals surface area contributed by atoms with Crippen molar-refractivity contribution < 1.29 is 5.11 Å². The van der Waals surface area contributed by atoms with Gasteiger partial charge in [-0.25, -0.2) is 0 Å². The largest absolute Gasteiger partial charge is 0.388 e. The zero-order valence-electron chi connectivity index (χ0n) is 7.41. The topological polar surface area (TPSA) is 46.2 Å². The van der Waals surface area contributed by atoms with E-state index in [0.29, 0.717) is 6.54 Å². The lowest BCUT2D eigenvalue weighted by atomic mass is 10.1. The molecule has 0 radical (unpaired) electrons. The SMILES string of the molecule is NCCCC(O)c1ccccc1Br. The van der Waals surface area contributed by atoms with E-state index in [2.05, 4.69) is 15.9 Å². The molecule has 0 heterocycles. The van der Waals surface area contributed by atoms with Gasteiger partial charge in [0.25, 0.3) is 0 Å². The van der Waals surface area contributed by atoms with Crippen molar-refractivity contribution in [3.05, 3.63) is 34.3 Å². The van der Waals surface area contributed by atoms with Crippen molar-refractivity contribution >= 4 is 15.9 Å². The van der Waals surface area contributed by atoms with Crippen molar-refractivity contribution in [2.45, 2.75) is 18.9 Å². The van der Waals surface area contributed by atoms with E-state index in [-0.39, 0.29) is 0 Å². The third-order valence-corrected chi connectivity index (χ3v) is 2.67. The number of rotatable bonds is 4. The molecule has 0 aliphatic rings. The maximum Gasteiger partial charge on any atom is 0.0801 e. The van der Waals surface area contributed by atoms with Crippen molar-refractivity contribution in [3.63, 3.8) is 0 Å². The number of aliphatic hydroxyl groups excluding tert-OH is 1. The van der Waals surface area contributed by atoms with E-state index in [4.69, 9.17) is 5.73 Å². The zero-order chi connectivity index (χ0) is 9.68. The first-order valence-corrected chi connectivity index (χ1v) is 5.17. The highest BCUT2D eigenvalue weighted by atomic mass is 79.9. The maximum atomic E-state index is 9.75. The quantitative estimate of drug-likeness (QED) is 0.853. The Balaban J connectivity index is 2.65. The van der Waals surface area contributed by atoms with Crippen molar-refractivity contribution in [1.29, 1.82) is 0 Å². The Bertz CT molecular complexity index is 265. The van der Waals surface area contributed by atoms with Crippen LogP contribution in [0.25, 0.3) is 0 Å². The molecule has 0 spiro atoms. The van der Waals surface area contributed by atoms with E-state index < -0.39 is 6.10 Å². The van der Waals surface area contributed by atoms with E-state index in [1.807, 2.05) is 24.3 Å². The molecule has 13 heavy (non-hydrogen) atoms. The molecule has 1 atom stereocenters. The van der Waals surface area contributed by atoms with E-state index in [1.54, 1.807) is 0 Å². The second-order valence-electron chi connectivity index (χ2n) is 2.97. The molecule has 0 saturated heterocycles. The van der Waals surface area contributed by atoms with Gasteiger partial charge in [0.05, 0.1) is 6.10 Å². The highest BCUT2D eigenvalue weighted by molar-refractivity contribution is 9.10. The average Bonchev–Trinajstić information content (AvgIpc) is 2.15. The Morgan fingerprint density at radius 3 is 2.69 bits per heavy atom. The van der Waals surface area contributed by atoms with Gasteiger partial charge in [-0.1, -0.05) is 34.1 Å². The van der Waals surface area contributed by atoms with E-state index >= 15 is 0 Å². The lowest BCUT2D eigenvalue weighted by Gasteiger charge is -2.11. The van der Waals surface area contributed by atoms with Gasteiger partial charge in [-0.3, -0.25) is 0 Å². The van der Waals surface area contributed by atoms with Crippen LogP contribution in [0, 0.1) is 0 Å². The van der Waals surface area contributed by atoms with Gasteiger partial charge in [-0.2, -0.15) is 0 Å². The van der Waals surface area contributed by atoms with Crippen LogP contribution < -0.4 is 5.73 Å². The summed E-state index contributed by atoms with van der Waals surface area (Å²) in [6.07, 6.45) is 1.17. The second-order valence-corrected chi connectivity index (χ2v) is 3.82. The molecule has 1 aromatic carbocycles. The zero-order valence-corrected chi connectivity index (χ0v) is 9.00. The van der Waals surface area contributed by atoms with Crippen molar-refractivity contribution in [2.24, 2.45) is 5.73 Å². The Morgan fingerprint density at radius 2 is 2.08 bits per heavy atom. The molecule has 3 N–H and O–H groups in total. The molecular weight excluding hydrogens is 230 g/mol. The van der Waals surface area contributed by atoms with Crippen LogP contribution in [-0.2, 0) is 0 Å². The van der Waals surface area contributed by atoms with Crippen molar-refractivity contribution in [1.82, 2.24) is 0 Å². The highest BCUT2D eigenvalue weighted by Gasteiger charge is 2.09. The van der Waals surface area contributed by atoms with Gasteiger partial charge in [-0.15, -0.1) is 0 Å². The Morgan fingerprint density at radius 1 is 1.38 bits per heavy atom. The summed E-state index contributed by atoms with van der Waals surface area (Å²) in [5.74, 6) is 0.